The summed E-state index contributed by atoms with van der Waals surface area (Å²) in [6.07, 6.45) is 2.09. The van der Waals surface area contributed by atoms with Gasteiger partial charge in [0, 0.05) is 11.6 Å². The molecule has 3 nitrogen and oxygen atoms in total. The molecular formula is C17H23NO2. The Morgan fingerprint density at radius 3 is 2.55 bits per heavy atom. The maximum atomic E-state index is 12.3. The van der Waals surface area contributed by atoms with Gasteiger partial charge in [0.1, 0.15) is 6.61 Å². The highest BCUT2D eigenvalue weighted by Crippen LogP contribution is 2.14. The molecule has 0 radical (unpaired) electrons. The van der Waals surface area contributed by atoms with Crippen LogP contribution >= 0.6 is 0 Å². The minimum atomic E-state index is -0.208. The Morgan fingerprint density at radius 2 is 1.95 bits per heavy atom. The second-order valence-electron chi connectivity index (χ2n) is 4.84. The predicted molar refractivity (Wildman–Crippen MR) is 81.4 cm³/mol. The van der Waals surface area contributed by atoms with Gasteiger partial charge in [-0.15, -0.1) is 0 Å². The Bertz CT molecular complexity index is 495. The van der Waals surface area contributed by atoms with E-state index in [1.54, 1.807) is 12.1 Å². The van der Waals surface area contributed by atoms with Gasteiger partial charge >= 0.3 is 0 Å². The van der Waals surface area contributed by atoms with Crippen LogP contribution in [0, 0.1) is 17.8 Å². The number of carbonyl (C=O) groups excluding carboxylic acids is 1. The van der Waals surface area contributed by atoms with Crippen LogP contribution in [0.15, 0.2) is 24.3 Å². The molecule has 1 aromatic carbocycles. The van der Waals surface area contributed by atoms with Gasteiger partial charge in [0.15, 0.2) is 0 Å². The number of rotatable bonds is 5. The van der Waals surface area contributed by atoms with E-state index in [0.29, 0.717) is 17.0 Å². The largest absolute Gasteiger partial charge is 0.384 e. The van der Waals surface area contributed by atoms with Gasteiger partial charge in [-0.2, -0.15) is 0 Å². The van der Waals surface area contributed by atoms with Crippen molar-refractivity contribution in [2.75, 3.05) is 6.61 Å². The second-order valence-corrected chi connectivity index (χ2v) is 4.84. The van der Waals surface area contributed by atoms with Crippen molar-refractivity contribution in [2.45, 2.75) is 39.7 Å². The van der Waals surface area contributed by atoms with Crippen molar-refractivity contribution in [1.82, 2.24) is 5.32 Å². The summed E-state index contributed by atoms with van der Waals surface area (Å²) < 4.78 is 0. The van der Waals surface area contributed by atoms with Gasteiger partial charge in [-0.05, 0) is 25.0 Å². The van der Waals surface area contributed by atoms with Gasteiger partial charge in [0.25, 0.3) is 5.91 Å². The van der Waals surface area contributed by atoms with E-state index in [9.17, 15) is 4.79 Å². The molecule has 108 valence electrons. The zero-order valence-corrected chi connectivity index (χ0v) is 12.4. The van der Waals surface area contributed by atoms with Crippen LogP contribution in [-0.4, -0.2) is 23.7 Å². The molecule has 0 aliphatic rings. The van der Waals surface area contributed by atoms with Crippen LogP contribution in [0.1, 0.15) is 49.5 Å². The fraction of sp³-hybridized carbons (Fsp3) is 0.471. The lowest BCUT2D eigenvalue weighted by Gasteiger charge is -2.22. The first kappa shape index (κ1) is 16.3. The van der Waals surface area contributed by atoms with Gasteiger partial charge in [-0.1, -0.05) is 50.7 Å². The van der Waals surface area contributed by atoms with E-state index in [0.717, 1.165) is 12.8 Å². The number of carbonyl (C=O) groups is 1. The van der Waals surface area contributed by atoms with Crippen molar-refractivity contribution in [1.29, 1.82) is 0 Å². The zero-order chi connectivity index (χ0) is 15.0. The summed E-state index contributed by atoms with van der Waals surface area (Å²) in [5.41, 5.74) is 1.21. The number of hydrogen-bond donors (Lipinski definition) is 2. The Morgan fingerprint density at radius 1 is 1.30 bits per heavy atom. The quantitative estimate of drug-likeness (QED) is 0.810. The fourth-order valence-electron chi connectivity index (χ4n) is 2.32. The standard InChI is InChI=1S/C17H23NO2/c1-4-14(5-2)13(3)18-17(20)16-11-7-6-9-15(16)10-8-12-19/h6-7,9,11,13-14,19H,4-5,12H2,1-3H3,(H,18,20). The highest BCUT2D eigenvalue weighted by Gasteiger charge is 2.17. The normalized spacial score (nSPS) is 11.7. The Labute approximate surface area is 121 Å². The van der Waals surface area contributed by atoms with Gasteiger partial charge in [0.2, 0.25) is 0 Å². The number of aliphatic hydroxyl groups is 1. The molecule has 0 bridgehead atoms. The van der Waals surface area contributed by atoms with Crippen LogP contribution < -0.4 is 5.32 Å². The first-order chi connectivity index (χ1) is 9.63. The van der Waals surface area contributed by atoms with Gasteiger partial charge in [-0.3, -0.25) is 4.79 Å². The van der Waals surface area contributed by atoms with Crippen LogP contribution in [0.4, 0.5) is 0 Å². The van der Waals surface area contributed by atoms with Crippen LogP contribution in [0.5, 0.6) is 0 Å². The van der Waals surface area contributed by atoms with Crippen molar-refractivity contribution >= 4 is 5.91 Å². The molecule has 1 rings (SSSR count). The molecular weight excluding hydrogens is 250 g/mol. The third-order valence-corrected chi connectivity index (χ3v) is 3.59. The lowest BCUT2D eigenvalue weighted by atomic mass is 9.95. The van der Waals surface area contributed by atoms with E-state index in [2.05, 4.69) is 31.0 Å². The van der Waals surface area contributed by atoms with Crippen LogP contribution in [0.3, 0.4) is 0 Å². The number of nitrogens with one attached hydrogen (secondary N) is 1. The molecule has 0 heterocycles. The molecule has 1 atom stereocenters. The number of benzene rings is 1. The maximum absolute atomic E-state index is 12.3. The summed E-state index contributed by atoms with van der Waals surface area (Å²) in [5.74, 6) is 5.77. The van der Waals surface area contributed by atoms with E-state index in [1.807, 2.05) is 19.1 Å². The average Bonchev–Trinajstić information content (AvgIpc) is 2.46. The zero-order valence-electron chi connectivity index (χ0n) is 12.4. The molecule has 0 spiro atoms. The molecule has 1 amide bonds. The molecule has 2 N–H and O–H groups in total. The maximum Gasteiger partial charge on any atom is 0.252 e. The first-order valence-corrected chi connectivity index (χ1v) is 7.13. The van der Waals surface area contributed by atoms with Crippen LogP contribution in [0.2, 0.25) is 0 Å². The minimum Gasteiger partial charge on any atom is -0.384 e. The lowest BCUT2D eigenvalue weighted by Crippen LogP contribution is -2.38. The lowest BCUT2D eigenvalue weighted by molar-refractivity contribution is 0.0925. The molecule has 3 heteroatoms. The number of amides is 1. The monoisotopic (exact) mass is 273 g/mol. The average molecular weight is 273 g/mol. The highest BCUT2D eigenvalue weighted by atomic mass is 16.2. The number of aliphatic hydroxyl groups excluding tert-OH is 1. The first-order valence-electron chi connectivity index (χ1n) is 7.13. The summed E-state index contributed by atoms with van der Waals surface area (Å²) in [4.78, 5) is 12.3. The molecule has 1 unspecified atom stereocenters. The molecule has 1 aromatic rings. The smallest absolute Gasteiger partial charge is 0.252 e. The van der Waals surface area contributed by atoms with Crippen LogP contribution in [-0.2, 0) is 0 Å². The topological polar surface area (TPSA) is 49.3 Å². The van der Waals surface area contributed by atoms with Gasteiger partial charge in [-0.25, -0.2) is 0 Å². The van der Waals surface area contributed by atoms with E-state index >= 15 is 0 Å². The molecule has 0 saturated carbocycles. The summed E-state index contributed by atoms with van der Waals surface area (Å²) in [7, 11) is 0. The van der Waals surface area contributed by atoms with Crippen molar-refractivity contribution in [2.24, 2.45) is 5.92 Å². The second kappa shape index (κ2) is 8.39. The summed E-state index contributed by atoms with van der Waals surface area (Å²) in [6, 6.07) is 7.34. The molecule has 0 aliphatic heterocycles. The predicted octanol–water partition coefficient (Wildman–Crippen LogP) is 2.58. The molecule has 0 saturated heterocycles. The molecule has 0 aliphatic carbocycles. The summed E-state index contributed by atoms with van der Waals surface area (Å²) in [5, 5.41) is 11.8. The SMILES string of the molecule is CCC(CC)C(C)NC(=O)c1ccccc1C#CCO. The third-order valence-electron chi connectivity index (χ3n) is 3.59. The fourth-order valence-corrected chi connectivity index (χ4v) is 2.32. The van der Waals surface area contributed by atoms with Crippen molar-refractivity contribution in [3.05, 3.63) is 35.4 Å². The van der Waals surface area contributed by atoms with E-state index in [-0.39, 0.29) is 18.6 Å². The van der Waals surface area contributed by atoms with E-state index in [4.69, 9.17) is 5.11 Å². The Kier molecular flexibility index (Phi) is 6.83. The third kappa shape index (κ3) is 4.40. The minimum absolute atomic E-state index is 0.104. The Hall–Kier alpha value is -1.79. The number of hydrogen-bond acceptors (Lipinski definition) is 2. The Balaban J connectivity index is 2.87. The van der Waals surface area contributed by atoms with E-state index < -0.39 is 0 Å². The highest BCUT2D eigenvalue weighted by molar-refractivity contribution is 5.96. The van der Waals surface area contributed by atoms with Crippen molar-refractivity contribution in [3.8, 4) is 11.8 Å². The molecule has 20 heavy (non-hydrogen) atoms. The van der Waals surface area contributed by atoms with E-state index in [1.165, 1.54) is 0 Å². The van der Waals surface area contributed by atoms with Gasteiger partial charge in [0.05, 0.1) is 5.56 Å². The van der Waals surface area contributed by atoms with Crippen molar-refractivity contribution < 1.29 is 9.90 Å². The van der Waals surface area contributed by atoms with Gasteiger partial charge < -0.3 is 10.4 Å². The molecule has 0 fully saturated rings. The van der Waals surface area contributed by atoms with Crippen molar-refractivity contribution in [3.63, 3.8) is 0 Å². The van der Waals surface area contributed by atoms with Crippen LogP contribution in [0.25, 0.3) is 0 Å². The summed E-state index contributed by atoms with van der Waals surface area (Å²) in [6.45, 7) is 6.10. The molecule has 0 aromatic heterocycles. The summed E-state index contributed by atoms with van der Waals surface area (Å²) >= 11 is 0.